The molecular formula is C17H15N3O2. The van der Waals surface area contributed by atoms with Gasteiger partial charge < -0.3 is 4.74 Å². The van der Waals surface area contributed by atoms with E-state index in [2.05, 4.69) is 11.2 Å². The van der Waals surface area contributed by atoms with Crippen molar-refractivity contribution >= 4 is 5.70 Å². The van der Waals surface area contributed by atoms with Crippen LogP contribution in [0.5, 0.6) is 5.75 Å². The minimum absolute atomic E-state index is 0.220. The number of nitriles is 1. The van der Waals surface area contributed by atoms with Gasteiger partial charge in [0.05, 0.1) is 17.3 Å². The zero-order valence-electron chi connectivity index (χ0n) is 12.6. The van der Waals surface area contributed by atoms with Gasteiger partial charge in [0.25, 0.3) is 5.56 Å². The predicted molar refractivity (Wildman–Crippen MR) is 82.4 cm³/mol. The van der Waals surface area contributed by atoms with Gasteiger partial charge in [0.15, 0.2) is 0 Å². The van der Waals surface area contributed by atoms with Crippen molar-refractivity contribution in [2.24, 2.45) is 0 Å². The first-order valence-electron chi connectivity index (χ1n) is 6.93. The second-order valence-corrected chi connectivity index (χ2v) is 5.68. The van der Waals surface area contributed by atoms with Gasteiger partial charge in [-0.05, 0) is 50.6 Å². The highest BCUT2D eigenvalue weighted by molar-refractivity contribution is 5.76. The van der Waals surface area contributed by atoms with Crippen molar-refractivity contribution in [3.8, 4) is 11.8 Å². The number of hydrogen-bond acceptors (Lipinski definition) is 4. The maximum atomic E-state index is 12.2. The molecule has 1 aliphatic rings. The van der Waals surface area contributed by atoms with Gasteiger partial charge in [-0.15, -0.1) is 0 Å². The molecule has 1 aromatic carbocycles. The second-order valence-electron chi connectivity index (χ2n) is 5.68. The SMILES string of the molecule is CC1=C(n2ncccc2=O)c2cc(C#N)ccc2OC1(C)C. The summed E-state index contributed by atoms with van der Waals surface area (Å²) in [4.78, 5) is 12.2. The molecule has 0 amide bonds. The van der Waals surface area contributed by atoms with Crippen LogP contribution in [-0.2, 0) is 0 Å². The fourth-order valence-electron chi connectivity index (χ4n) is 2.51. The van der Waals surface area contributed by atoms with Crippen LogP contribution in [0.3, 0.4) is 0 Å². The summed E-state index contributed by atoms with van der Waals surface area (Å²) in [6.07, 6.45) is 1.57. The number of nitrogens with zero attached hydrogens (tertiary/aromatic N) is 3. The third-order valence-electron chi connectivity index (χ3n) is 3.91. The van der Waals surface area contributed by atoms with Gasteiger partial charge in [-0.3, -0.25) is 4.79 Å². The summed E-state index contributed by atoms with van der Waals surface area (Å²) in [5, 5.41) is 13.3. The minimum Gasteiger partial charge on any atom is -0.483 e. The Morgan fingerprint density at radius 3 is 2.77 bits per heavy atom. The fraction of sp³-hybridized carbons (Fsp3) is 0.235. The molecule has 1 aromatic heterocycles. The van der Waals surface area contributed by atoms with Crippen LogP contribution in [0.15, 0.2) is 46.9 Å². The summed E-state index contributed by atoms with van der Waals surface area (Å²) in [7, 11) is 0. The molecule has 0 aliphatic carbocycles. The summed E-state index contributed by atoms with van der Waals surface area (Å²) in [5.41, 5.74) is 1.99. The summed E-state index contributed by atoms with van der Waals surface area (Å²) in [5.74, 6) is 0.641. The monoisotopic (exact) mass is 293 g/mol. The first-order valence-corrected chi connectivity index (χ1v) is 6.93. The van der Waals surface area contributed by atoms with Gasteiger partial charge in [0.1, 0.15) is 11.4 Å². The summed E-state index contributed by atoms with van der Waals surface area (Å²) < 4.78 is 7.37. The Morgan fingerprint density at radius 1 is 1.32 bits per heavy atom. The van der Waals surface area contributed by atoms with Gasteiger partial charge in [-0.2, -0.15) is 15.0 Å². The standard InChI is InChI=1S/C17H15N3O2/c1-11-16(20-15(21)5-4-8-19-20)13-9-12(10-18)6-7-14(13)22-17(11,2)3/h4-9H,1-3H3. The molecule has 1 aliphatic heterocycles. The topological polar surface area (TPSA) is 67.9 Å². The second kappa shape index (κ2) is 4.85. The van der Waals surface area contributed by atoms with Crippen LogP contribution in [0.2, 0.25) is 0 Å². The molecule has 5 nitrogen and oxygen atoms in total. The molecule has 110 valence electrons. The third-order valence-corrected chi connectivity index (χ3v) is 3.91. The lowest BCUT2D eigenvalue weighted by molar-refractivity contribution is 0.143. The van der Waals surface area contributed by atoms with Crippen molar-refractivity contribution < 1.29 is 4.74 Å². The maximum Gasteiger partial charge on any atom is 0.271 e. The van der Waals surface area contributed by atoms with E-state index in [-0.39, 0.29) is 5.56 Å². The molecule has 0 unspecified atom stereocenters. The van der Waals surface area contributed by atoms with E-state index in [0.717, 1.165) is 5.57 Å². The number of hydrogen-bond donors (Lipinski definition) is 0. The molecule has 0 radical (unpaired) electrons. The molecule has 0 saturated heterocycles. The largest absolute Gasteiger partial charge is 0.483 e. The fourth-order valence-corrected chi connectivity index (χ4v) is 2.51. The average molecular weight is 293 g/mol. The molecule has 22 heavy (non-hydrogen) atoms. The lowest BCUT2D eigenvalue weighted by Gasteiger charge is -2.35. The Morgan fingerprint density at radius 2 is 2.09 bits per heavy atom. The normalized spacial score (nSPS) is 15.7. The number of ether oxygens (including phenoxy) is 1. The lowest BCUT2D eigenvalue weighted by Crippen LogP contribution is -2.36. The van der Waals surface area contributed by atoms with E-state index >= 15 is 0 Å². The van der Waals surface area contributed by atoms with Crippen molar-refractivity contribution in [1.82, 2.24) is 9.78 Å². The molecule has 3 rings (SSSR count). The molecule has 5 heteroatoms. The summed E-state index contributed by atoms with van der Waals surface area (Å²) >= 11 is 0. The van der Waals surface area contributed by atoms with E-state index in [0.29, 0.717) is 22.6 Å². The summed E-state index contributed by atoms with van der Waals surface area (Å²) in [6.45, 7) is 5.80. The molecule has 2 heterocycles. The zero-order valence-corrected chi connectivity index (χ0v) is 12.6. The Bertz CT molecular complexity index is 885. The quantitative estimate of drug-likeness (QED) is 0.810. The van der Waals surface area contributed by atoms with Gasteiger partial charge in [-0.25, -0.2) is 0 Å². The molecule has 0 atom stereocenters. The molecular weight excluding hydrogens is 278 g/mol. The Labute approximate surface area is 128 Å². The van der Waals surface area contributed by atoms with Crippen molar-refractivity contribution in [2.45, 2.75) is 26.4 Å². The number of rotatable bonds is 1. The Balaban J connectivity index is 2.37. The van der Waals surface area contributed by atoms with Crippen molar-refractivity contribution in [3.05, 3.63) is 63.6 Å². The number of fused-ring (bicyclic) bond motifs is 1. The van der Waals surface area contributed by atoms with E-state index in [9.17, 15) is 4.79 Å². The first kappa shape index (κ1) is 14.1. The highest BCUT2D eigenvalue weighted by Gasteiger charge is 2.34. The van der Waals surface area contributed by atoms with Gasteiger partial charge in [0.2, 0.25) is 0 Å². The zero-order chi connectivity index (χ0) is 15.9. The van der Waals surface area contributed by atoms with Crippen LogP contribution in [0.4, 0.5) is 0 Å². The number of aromatic nitrogens is 2. The van der Waals surface area contributed by atoms with Crippen LogP contribution in [-0.4, -0.2) is 15.4 Å². The van der Waals surface area contributed by atoms with Gasteiger partial charge >= 0.3 is 0 Å². The molecule has 0 spiro atoms. The lowest BCUT2D eigenvalue weighted by atomic mass is 9.90. The predicted octanol–water partition coefficient (Wildman–Crippen LogP) is 2.57. The van der Waals surface area contributed by atoms with E-state index in [1.807, 2.05) is 20.8 Å². The van der Waals surface area contributed by atoms with Crippen LogP contribution < -0.4 is 10.3 Å². The van der Waals surface area contributed by atoms with Crippen LogP contribution in [0, 0.1) is 11.3 Å². The van der Waals surface area contributed by atoms with Crippen LogP contribution in [0.25, 0.3) is 5.70 Å². The minimum atomic E-state index is -0.562. The van der Waals surface area contributed by atoms with Crippen molar-refractivity contribution in [3.63, 3.8) is 0 Å². The van der Waals surface area contributed by atoms with E-state index in [1.54, 1.807) is 30.5 Å². The Kier molecular flexibility index (Phi) is 3.10. The average Bonchev–Trinajstić information content (AvgIpc) is 2.49. The summed E-state index contributed by atoms with van der Waals surface area (Å²) in [6, 6.07) is 10.4. The molecule has 0 bridgehead atoms. The van der Waals surface area contributed by atoms with E-state index < -0.39 is 5.60 Å². The smallest absolute Gasteiger partial charge is 0.271 e. The van der Waals surface area contributed by atoms with Crippen LogP contribution in [0.1, 0.15) is 31.9 Å². The highest BCUT2D eigenvalue weighted by Crippen LogP contribution is 2.40. The number of benzene rings is 1. The van der Waals surface area contributed by atoms with E-state index in [4.69, 9.17) is 10.00 Å². The maximum absolute atomic E-state index is 12.2. The molecule has 0 saturated carbocycles. The van der Waals surface area contributed by atoms with Crippen LogP contribution >= 0.6 is 0 Å². The Hall–Kier alpha value is -2.87. The van der Waals surface area contributed by atoms with Gasteiger partial charge in [-0.1, -0.05) is 0 Å². The first-order chi connectivity index (χ1) is 10.4. The highest BCUT2D eigenvalue weighted by atomic mass is 16.5. The molecule has 0 fully saturated rings. The van der Waals surface area contributed by atoms with Crippen molar-refractivity contribution in [2.75, 3.05) is 0 Å². The molecule has 2 aromatic rings. The van der Waals surface area contributed by atoms with Crippen molar-refractivity contribution in [1.29, 1.82) is 5.26 Å². The third kappa shape index (κ3) is 2.09. The van der Waals surface area contributed by atoms with E-state index in [1.165, 1.54) is 10.7 Å². The molecule has 0 N–H and O–H groups in total. The van der Waals surface area contributed by atoms with Gasteiger partial charge in [0, 0.05) is 17.8 Å².